The molecule has 0 fully saturated rings. The Kier molecular flexibility index (Phi) is 9.08. The van der Waals surface area contributed by atoms with Gasteiger partial charge in [0.15, 0.2) is 0 Å². The van der Waals surface area contributed by atoms with Crippen molar-refractivity contribution in [3.63, 3.8) is 0 Å². The molecule has 0 bridgehead atoms. The second-order valence-electron chi connectivity index (χ2n) is 7.26. The number of aryl methyl sites for hydroxylation is 1. The van der Waals surface area contributed by atoms with Crippen LogP contribution in [0.5, 0.6) is 0 Å². The molecule has 1 rings (SSSR count). The largest absolute Gasteiger partial charge is 0.354 e. The number of hydrazone groups is 1. The predicted molar refractivity (Wildman–Crippen MR) is 113 cm³/mol. The minimum Gasteiger partial charge on any atom is -0.303 e. The fourth-order valence-electron chi connectivity index (χ4n) is 2.09. The molecule has 1 aromatic carbocycles. The van der Waals surface area contributed by atoms with Crippen molar-refractivity contribution in [3.8, 4) is 0 Å². The second-order valence-corrected chi connectivity index (χ2v) is 10.7. The molecular formula is C19H31N2O5PS. The first kappa shape index (κ1) is 24.6. The number of hydrogen-bond donors (Lipinski definition) is 1. The molecule has 0 unspecified atom stereocenters. The Morgan fingerprint density at radius 2 is 1.54 bits per heavy atom. The van der Waals surface area contributed by atoms with Crippen molar-refractivity contribution in [3.05, 3.63) is 41.7 Å². The van der Waals surface area contributed by atoms with Gasteiger partial charge in [-0.15, -0.1) is 0 Å². The zero-order valence-electron chi connectivity index (χ0n) is 17.5. The van der Waals surface area contributed by atoms with Crippen molar-refractivity contribution in [2.75, 3.05) is 0 Å². The zero-order chi connectivity index (χ0) is 21.5. The van der Waals surface area contributed by atoms with E-state index in [-0.39, 0.29) is 23.0 Å². The lowest BCUT2D eigenvalue weighted by atomic mass is 10.1. The summed E-state index contributed by atoms with van der Waals surface area (Å²) in [7, 11) is -7.29. The minimum atomic E-state index is -3.80. The van der Waals surface area contributed by atoms with Crippen LogP contribution >= 0.6 is 7.60 Å². The number of sulfonamides is 1. The van der Waals surface area contributed by atoms with Gasteiger partial charge in [-0.1, -0.05) is 31.5 Å². The van der Waals surface area contributed by atoms with E-state index in [2.05, 4.69) is 9.93 Å². The molecule has 1 N–H and O–H groups in total. The van der Waals surface area contributed by atoms with E-state index in [1.807, 2.05) is 20.8 Å². The van der Waals surface area contributed by atoms with Gasteiger partial charge >= 0.3 is 7.60 Å². The van der Waals surface area contributed by atoms with Crippen LogP contribution < -0.4 is 4.83 Å². The molecule has 158 valence electrons. The Morgan fingerprint density at radius 3 is 1.96 bits per heavy atom. The Balaban J connectivity index is 3.10. The van der Waals surface area contributed by atoms with E-state index in [0.29, 0.717) is 5.71 Å². The highest BCUT2D eigenvalue weighted by molar-refractivity contribution is 7.89. The molecule has 0 aromatic heterocycles. The van der Waals surface area contributed by atoms with E-state index < -0.39 is 17.6 Å². The molecule has 0 atom stereocenters. The van der Waals surface area contributed by atoms with Crippen molar-refractivity contribution in [2.24, 2.45) is 11.0 Å². The lowest BCUT2D eigenvalue weighted by molar-refractivity contribution is 0.149. The summed E-state index contributed by atoms with van der Waals surface area (Å²) in [5.41, 5.74) is 1.36. The Hall–Kier alpha value is -1.47. The zero-order valence-corrected chi connectivity index (χ0v) is 19.3. The van der Waals surface area contributed by atoms with Crippen LogP contribution in [-0.4, -0.2) is 26.3 Å². The van der Waals surface area contributed by atoms with Crippen LogP contribution in [0.15, 0.2) is 46.2 Å². The van der Waals surface area contributed by atoms with Gasteiger partial charge < -0.3 is 9.05 Å². The number of allylic oxidation sites excluding steroid dienone is 1. The summed E-state index contributed by atoms with van der Waals surface area (Å²) in [5, 5.41) is 4.01. The predicted octanol–water partition coefficient (Wildman–Crippen LogP) is 4.84. The Labute approximate surface area is 168 Å². The Morgan fingerprint density at radius 1 is 1.04 bits per heavy atom. The van der Waals surface area contributed by atoms with Crippen LogP contribution in [0, 0.1) is 12.8 Å². The monoisotopic (exact) mass is 430 g/mol. The van der Waals surface area contributed by atoms with Crippen molar-refractivity contribution in [2.45, 2.75) is 65.6 Å². The summed E-state index contributed by atoms with van der Waals surface area (Å²) in [4.78, 5) is 2.35. The molecule has 28 heavy (non-hydrogen) atoms. The van der Waals surface area contributed by atoms with Gasteiger partial charge in [0.05, 0.1) is 22.8 Å². The fourth-order valence-corrected chi connectivity index (χ4v) is 4.62. The standard InChI is InChI=1S/C19H31N2O5PS/c1-14(2)19(12-13-27(22,25-15(3)4)26-16(5)6)20-21-28(23,24)18-10-8-17(7)9-11-18/h8-16,21H,1-7H3/b13-12+,20-19-. The fraction of sp³-hybridized carbons (Fsp3) is 0.526. The highest BCUT2D eigenvalue weighted by Crippen LogP contribution is 2.52. The summed E-state index contributed by atoms with van der Waals surface area (Å²) < 4.78 is 48.6. The van der Waals surface area contributed by atoms with Crippen LogP contribution in [0.25, 0.3) is 0 Å². The lowest BCUT2D eigenvalue weighted by Gasteiger charge is -2.20. The molecule has 0 aliphatic heterocycles. The van der Waals surface area contributed by atoms with Crippen molar-refractivity contribution in [1.82, 2.24) is 4.83 Å². The molecule has 0 saturated heterocycles. The van der Waals surface area contributed by atoms with Gasteiger partial charge in [-0.25, -0.2) is 0 Å². The summed E-state index contributed by atoms with van der Waals surface area (Å²) in [6.45, 7) is 12.6. The van der Waals surface area contributed by atoms with Crippen LogP contribution in [0.2, 0.25) is 0 Å². The molecule has 0 aliphatic rings. The van der Waals surface area contributed by atoms with Gasteiger partial charge in [-0.3, -0.25) is 4.57 Å². The van der Waals surface area contributed by atoms with E-state index in [9.17, 15) is 13.0 Å². The average molecular weight is 431 g/mol. The van der Waals surface area contributed by atoms with E-state index >= 15 is 0 Å². The molecule has 0 heterocycles. The molecular weight excluding hydrogens is 399 g/mol. The van der Waals surface area contributed by atoms with Gasteiger partial charge in [-0.05, 0) is 58.7 Å². The second kappa shape index (κ2) is 10.3. The van der Waals surface area contributed by atoms with E-state index in [1.54, 1.807) is 39.8 Å². The maximum atomic E-state index is 12.9. The maximum Gasteiger partial charge on any atom is 0.354 e. The molecule has 0 saturated carbocycles. The summed E-state index contributed by atoms with van der Waals surface area (Å²) in [6, 6.07) is 6.45. The molecule has 9 heteroatoms. The number of nitrogens with zero attached hydrogens (tertiary/aromatic N) is 1. The first-order chi connectivity index (χ1) is 12.8. The van der Waals surface area contributed by atoms with Crippen LogP contribution in [0.3, 0.4) is 0 Å². The highest BCUT2D eigenvalue weighted by Gasteiger charge is 2.24. The summed E-state index contributed by atoms with van der Waals surface area (Å²) in [5.74, 6) is 1.20. The van der Waals surface area contributed by atoms with Crippen LogP contribution in [0.4, 0.5) is 0 Å². The lowest BCUT2D eigenvalue weighted by Crippen LogP contribution is -2.21. The van der Waals surface area contributed by atoms with Gasteiger partial charge in [-0.2, -0.15) is 18.4 Å². The van der Waals surface area contributed by atoms with Crippen LogP contribution in [-0.2, 0) is 23.6 Å². The van der Waals surface area contributed by atoms with E-state index in [1.165, 1.54) is 24.0 Å². The van der Waals surface area contributed by atoms with Gasteiger partial charge in [0, 0.05) is 5.82 Å². The topological polar surface area (TPSA) is 94.1 Å². The number of hydrogen-bond acceptors (Lipinski definition) is 6. The first-order valence-corrected chi connectivity index (χ1v) is 12.3. The molecule has 0 radical (unpaired) electrons. The number of nitrogens with one attached hydrogen (secondary N) is 1. The van der Waals surface area contributed by atoms with E-state index in [0.717, 1.165) is 5.56 Å². The van der Waals surface area contributed by atoms with Gasteiger partial charge in [0.1, 0.15) is 0 Å². The number of benzene rings is 1. The maximum absolute atomic E-state index is 12.9. The average Bonchev–Trinajstić information content (AvgIpc) is 2.53. The molecule has 0 spiro atoms. The first-order valence-electron chi connectivity index (χ1n) is 9.16. The molecule has 0 amide bonds. The molecule has 0 aliphatic carbocycles. The van der Waals surface area contributed by atoms with Gasteiger partial charge in [0.2, 0.25) is 0 Å². The Bertz CT molecular complexity index is 830. The summed E-state index contributed by atoms with van der Waals surface area (Å²) >= 11 is 0. The van der Waals surface area contributed by atoms with Crippen molar-refractivity contribution in [1.29, 1.82) is 0 Å². The number of rotatable bonds is 10. The third-order valence-electron chi connectivity index (χ3n) is 3.36. The quantitative estimate of drug-likeness (QED) is 0.326. The van der Waals surface area contributed by atoms with Crippen molar-refractivity contribution >= 4 is 23.3 Å². The molecule has 1 aromatic rings. The molecule has 7 nitrogen and oxygen atoms in total. The smallest absolute Gasteiger partial charge is 0.303 e. The van der Waals surface area contributed by atoms with Crippen LogP contribution in [0.1, 0.15) is 47.1 Å². The normalized spacial score (nSPS) is 13.9. The SMILES string of the molecule is Cc1ccc(S(=O)(=O)N/N=C(/C=C/P(=O)(OC(C)C)OC(C)C)C(C)C)cc1. The highest BCUT2D eigenvalue weighted by atomic mass is 32.2. The summed E-state index contributed by atoms with van der Waals surface area (Å²) in [6.07, 6.45) is 0.885. The third-order valence-corrected chi connectivity index (χ3v) is 6.53. The third kappa shape index (κ3) is 8.27. The van der Waals surface area contributed by atoms with Crippen molar-refractivity contribution < 1.29 is 22.0 Å². The van der Waals surface area contributed by atoms with E-state index in [4.69, 9.17) is 9.05 Å². The minimum absolute atomic E-state index is 0.117. The van der Waals surface area contributed by atoms with Gasteiger partial charge in [0.25, 0.3) is 10.0 Å².